The number of hydrogen-bond acceptors (Lipinski definition) is 5. The fourth-order valence-electron chi connectivity index (χ4n) is 3.66. The Morgan fingerprint density at radius 1 is 1.00 bits per heavy atom. The molecule has 0 saturated heterocycles. The zero-order valence-electron chi connectivity index (χ0n) is 20.2. The number of ether oxygens (including phenoxy) is 1. The summed E-state index contributed by atoms with van der Waals surface area (Å²) in [6, 6.07) is 20.6. The maximum Gasteiger partial charge on any atom is 0.264 e. The average molecular weight is 530 g/mol. The van der Waals surface area contributed by atoms with Crippen LogP contribution in [0.4, 0.5) is 5.69 Å². The van der Waals surface area contributed by atoms with Crippen LogP contribution in [-0.2, 0) is 26.2 Å². The van der Waals surface area contributed by atoms with Gasteiger partial charge < -0.3 is 15.0 Å². The van der Waals surface area contributed by atoms with Gasteiger partial charge in [0.1, 0.15) is 18.3 Å². The van der Waals surface area contributed by atoms with Crippen molar-refractivity contribution in [1.29, 1.82) is 0 Å². The van der Waals surface area contributed by atoms with E-state index in [-0.39, 0.29) is 33.8 Å². The van der Waals surface area contributed by atoms with Crippen LogP contribution in [0.2, 0.25) is 5.02 Å². The summed E-state index contributed by atoms with van der Waals surface area (Å²) in [4.78, 5) is 27.6. The van der Waals surface area contributed by atoms with Crippen LogP contribution in [-0.4, -0.2) is 51.9 Å². The zero-order chi connectivity index (χ0) is 26.3. The number of amides is 2. The molecule has 0 aliphatic heterocycles. The molecular formula is C26H28ClN3O5S. The zero-order valence-corrected chi connectivity index (χ0v) is 21.8. The second kappa shape index (κ2) is 11.9. The van der Waals surface area contributed by atoms with Crippen LogP contribution >= 0.6 is 11.6 Å². The second-order valence-electron chi connectivity index (χ2n) is 7.94. The number of sulfonamides is 1. The Balaban J connectivity index is 2.09. The standard InChI is InChI=1S/C26H28ClN3O5S/c1-19(26(32)28-2)29(17-20-10-6-4-7-11-20)25(31)18-30(23-16-21(27)14-15-24(23)35-3)36(33,34)22-12-8-5-9-13-22/h4-16,19H,17-18H2,1-3H3,(H,28,32)/t19-/m1/s1. The molecule has 0 aromatic heterocycles. The van der Waals surface area contributed by atoms with Gasteiger partial charge in [-0.2, -0.15) is 0 Å². The number of nitrogens with zero attached hydrogens (tertiary/aromatic N) is 2. The van der Waals surface area contributed by atoms with Crippen LogP contribution in [0.1, 0.15) is 12.5 Å². The van der Waals surface area contributed by atoms with Gasteiger partial charge in [-0.15, -0.1) is 0 Å². The third kappa shape index (κ3) is 6.16. The summed E-state index contributed by atoms with van der Waals surface area (Å²) >= 11 is 6.21. The lowest BCUT2D eigenvalue weighted by atomic mass is 10.1. The van der Waals surface area contributed by atoms with E-state index in [1.54, 1.807) is 31.2 Å². The number of carbonyl (C=O) groups excluding carboxylic acids is 2. The van der Waals surface area contributed by atoms with Gasteiger partial charge in [-0.1, -0.05) is 60.1 Å². The Morgan fingerprint density at radius 2 is 1.61 bits per heavy atom. The number of methoxy groups -OCH3 is 1. The molecule has 0 heterocycles. The third-order valence-electron chi connectivity index (χ3n) is 5.63. The van der Waals surface area contributed by atoms with E-state index in [1.807, 2.05) is 30.3 Å². The number of carbonyl (C=O) groups is 2. The molecule has 1 N–H and O–H groups in total. The summed E-state index contributed by atoms with van der Waals surface area (Å²) in [5.41, 5.74) is 0.897. The van der Waals surface area contributed by atoms with Crippen molar-refractivity contribution in [3.05, 3.63) is 89.4 Å². The van der Waals surface area contributed by atoms with Crippen molar-refractivity contribution in [3.63, 3.8) is 0 Å². The molecule has 8 nitrogen and oxygen atoms in total. The summed E-state index contributed by atoms with van der Waals surface area (Å²) in [7, 11) is -1.33. The Labute approximate surface area is 216 Å². The van der Waals surface area contributed by atoms with Crippen molar-refractivity contribution in [3.8, 4) is 5.75 Å². The molecule has 1 atom stereocenters. The second-order valence-corrected chi connectivity index (χ2v) is 10.2. The highest BCUT2D eigenvalue weighted by Crippen LogP contribution is 2.35. The summed E-state index contributed by atoms with van der Waals surface area (Å²) in [5, 5.41) is 2.82. The van der Waals surface area contributed by atoms with Crippen molar-refractivity contribution < 1.29 is 22.7 Å². The highest BCUT2D eigenvalue weighted by molar-refractivity contribution is 7.92. The number of benzene rings is 3. The van der Waals surface area contributed by atoms with Gasteiger partial charge in [-0.25, -0.2) is 8.42 Å². The summed E-state index contributed by atoms with van der Waals surface area (Å²) < 4.78 is 33.9. The highest BCUT2D eigenvalue weighted by Gasteiger charge is 2.33. The van der Waals surface area contributed by atoms with Gasteiger partial charge in [0.15, 0.2) is 0 Å². The van der Waals surface area contributed by atoms with Gasteiger partial charge in [0.2, 0.25) is 11.8 Å². The molecule has 2 amide bonds. The first kappa shape index (κ1) is 27.0. The minimum Gasteiger partial charge on any atom is -0.495 e. The van der Waals surface area contributed by atoms with Gasteiger partial charge in [-0.05, 0) is 42.8 Å². The molecule has 190 valence electrons. The Kier molecular flexibility index (Phi) is 8.95. The number of rotatable bonds is 10. The maximum atomic E-state index is 13.8. The van der Waals surface area contributed by atoms with E-state index in [0.717, 1.165) is 9.87 Å². The molecule has 0 radical (unpaired) electrons. The first-order chi connectivity index (χ1) is 17.2. The number of hydrogen-bond donors (Lipinski definition) is 1. The van der Waals surface area contributed by atoms with Crippen molar-refractivity contribution in [2.75, 3.05) is 25.0 Å². The van der Waals surface area contributed by atoms with Crippen molar-refractivity contribution >= 4 is 39.1 Å². The lowest BCUT2D eigenvalue weighted by Gasteiger charge is -2.32. The maximum absolute atomic E-state index is 13.8. The lowest BCUT2D eigenvalue weighted by molar-refractivity contribution is -0.139. The quantitative estimate of drug-likeness (QED) is 0.432. The molecule has 0 spiro atoms. The summed E-state index contributed by atoms with van der Waals surface area (Å²) in [6.07, 6.45) is 0. The number of nitrogens with one attached hydrogen (secondary N) is 1. The van der Waals surface area contributed by atoms with E-state index >= 15 is 0 Å². The molecular weight excluding hydrogens is 502 g/mol. The van der Waals surface area contributed by atoms with E-state index in [0.29, 0.717) is 0 Å². The van der Waals surface area contributed by atoms with E-state index in [9.17, 15) is 18.0 Å². The Morgan fingerprint density at radius 3 is 2.19 bits per heavy atom. The molecule has 3 rings (SSSR count). The predicted molar refractivity (Wildman–Crippen MR) is 139 cm³/mol. The first-order valence-corrected chi connectivity index (χ1v) is 13.0. The van der Waals surface area contributed by atoms with Crippen LogP contribution in [0.15, 0.2) is 83.8 Å². The molecule has 0 aliphatic rings. The largest absolute Gasteiger partial charge is 0.495 e. The van der Waals surface area contributed by atoms with Gasteiger partial charge >= 0.3 is 0 Å². The van der Waals surface area contributed by atoms with Crippen LogP contribution in [0.5, 0.6) is 5.75 Å². The minimum absolute atomic E-state index is 0.00575. The molecule has 0 bridgehead atoms. The molecule has 3 aromatic rings. The topological polar surface area (TPSA) is 96.0 Å². The molecule has 36 heavy (non-hydrogen) atoms. The molecule has 0 unspecified atom stereocenters. The lowest BCUT2D eigenvalue weighted by Crippen LogP contribution is -2.50. The Hall–Kier alpha value is -3.56. The van der Waals surface area contributed by atoms with E-state index in [4.69, 9.17) is 16.3 Å². The normalized spacial score (nSPS) is 11.9. The van der Waals surface area contributed by atoms with E-state index < -0.39 is 28.5 Å². The van der Waals surface area contributed by atoms with Gasteiger partial charge in [0.25, 0.3) is 10.0 Å². The smallest absolute Gasteiger partial charge is 0.264 e. The number of halogens is 1. The summed E-state index contributed by atoms with van der Waals surface area (Å²) in [6.45, 7) is 1.12. The molecule has 3 aromatic carbocycles. The molecule has 0 fully saturated rings. The fraction of sp³-hybridized carbons (Fsp3) is 0.231. The molecule has 10 heteroatoms. The minimum atomic E-state index is -4.21. The Bertz CT molecular complexity index is 1300. The number of likely N-dealkylation sites (N-methyl/N-ethyl adjacent to an activating group) is 1. The van der Waals surface area contributed by atoms with Crippen molar-refractivity contribution in [2.24, 2.45) is 0 Å². The monoisotopic (exact) mass is 529 g/mol. The van der Waals surface area contributed by atoms with Crippen LogP contribution in [0.3, 0.4) is 0 Å². The van der Waals surface area contributed by atoms with E-state index in [2.05, 4.69) is 5.32 Å². The SMILES string of the molecule is CNC(=O)[C@@H](C)N(Cc1ccccc1)C(=O)CN(c1cc(Cl)ccc1OC)S(=O)(=O)c1ccccc1. The predicted octanol–water partition coefficient (Wildman–Crippen LogP) is 3.71. The summed E-state index contributed by atoms with van der Waals surface area (Å²) in [5.74, 6) is -0.728. The van der Waals surface area contributed by atoms with Crippen LogP contribution < -0.4 is 14.4 Å². The molecule has 0 aliphatic carbocycles. The number of anilines is 1. The van der Waals surface area contributed by atoms with Gasteiger partial charge in [0, 0.05) is 18.6 Å². The van der Waals surface area contributed by atoms with Crippen molar-refractivity contribution in [1.82, 2.24) is 10.2 Å². The first-order valence-electron chi connectivity index (χ1n) is 11.2. The van der Waals surface area contributed by atoms with Gasteiger partial charge in [0.05, 0.1) is 17.7 Å². The average Bonchev–Trinajstić information content (AvgIpc) is 2.90. The third-order valence-corrected chi connectivity index (χ3v) is 7.64. The van der Waals surface area contributed by atoms with Crippen LogP contribution in [0, 0.1) is 0 Å². The van der Waals surface area contributed by atoms with E-state index in [1.165, 1.54) is 43.3 Å². The van der Waals surface area contributed by atoms with Crippen molar-refractivity contribution in [2.45, 2.75) is 24.4 Å². The fourth-order valence-corrected chi connectivity index (χ4v) is 5.27. The molecule has 0 saturated carbocycles. The van der Waals surface area contributed by atoms with Gasteiger partial charge in [-0.3, -0.25) is 13.9 Å². The highest BCUT2D eigenvalue weighted by atomic mass is 35.5. The van der Waals surface area contributed by atoms with Crippen LogP contribution in [0.25, 0.3) is 0 Å².